The third-order valence-corrected chi connectivity index (χ3v) is 2.77. The molecule has 1 aliphatic carbocycles. The van der Waals surface area contributed by atoms with Crippen LogP contribution in [0.4, 0.5) is 8.78 Å². The van der Waals surface area contributed by atoms with E-state index in [1.165, 1.54) is 18.9 Å². The molecule has 0 spiro atoms. The van der Waals surface area contributed by atoms with Crippen molar-refractivity contribution in [2.75, 3.05) is 0 Å². The summed E-state index contributed by atoms with van der Waals surface area (Å²) in [5.41, 5.74) is 0.398. The van der Waals surface area contributed by atoms with Gasteiger partial charge >= 0.3 is 0 Å². The minimum atomic E-state index is -0.921. The minimum absolute atomic E-state index is 0.265. The zero-order valence-electron chi connectivity index (χ0n) is 9.49. The van der Waals surface area contributed by atoms with Gasteiger partial charge in [0.2, 0.25) is 11.7 Å². The summed E-state index contributed by atoms with van der Waals surface area (Å²) in [6.07, 6.45) is 2.34. The Labute approximate surface area is 102 Å². The molecule has 6 heteroatoms. The molecule has 2 aromatic rings. The van der Waals surface area contributed by atoms with Gasteiger partial charge in [-0.2, -0.15) is 4.98 Å². The quantitative estimate of drug-likeness (QED) is 0.905. The molecular formula is C12H11F2N3O. The summed E-state index contributed by atoms with van der Waals surface area (Å²) in [5.74, 6) is -1.10. The maximum Gasteiger partial charge on any atom is 0.240 e. The van der Waals surface area contributed by atoms with Crippen molar-refractivity contribution in [2.45, 2.75) is 25.4 Å². The summed E-state index contributed by atoms with van der Waals surface area (Å²) in [6, 6.07) is 4.06. The van der Waals surface area contributed by atoms with Crippen LogP contribution in [-0.2, 0) is 6.54 Å². The molecule has 0 aliphatic heterocycles. The molecule has 1 aromatic heterocycles. The van der Waals surface area contributed by atoms with Crippen molar-refractivity contribution in [3.63, 3.8) is 0 Å². The van der Waals surface area contributed by atoms with E-state index in [-0.39, 0.29) is 5.82 Å². The van der Waals surface area contributed by atoms with E-state index in [0.717, 1.165) is 12.1 Å². The van der Waals surface area contributed by atoms with Crippen LogP contribution in [0.5, 0.6) is 0 Å². The molecular weight excluding hydrogens is 240 g/mol. The van der Waals surface area contributed by atoms with E-state index < -0.39 is 11.6 Å². The Morgan fingerprint density at radius 3 is 2.83 bits per heavy atom. The van der Waals surface area contributed by atoms with Crippen LogP contribution in [-0.4, -0.2) is 16.2 Å². The van der Waals surface area contributed by atoms with Crippen molar-refractivity contribution in [3.8, 4) is 11.4 Å². The molecule has 94 valence electrons. The van der Waals surface area contributed by atoms with E-state index in [1.807, 2.05) is 0 Å². The van der Waals surface area contributed by atoms with Gasteiger partial charge in [0, 0.05) is 11.6 Å². The van der Waals surface area contributed by atoms with E-state index in [0.29, 0.717) is 24.0 Å². The summed E-state index contributed by atoms with van der Waals surface area (Å²) < 4.78 is 30.9. The number of rotatable bonds is 4. The molecule has 4 nitrogen and oxygen atoms in total. The summed E-state index contributed by atoms with van der Waals surface area (Å²) in [6.45, 7) is 0.501. The molecule has 0 saturated heterocycles. The van der Waals surface area contributed by atoms with Gasteiger partial charge < -0.3 is 9.84 Å². The van der Waals surface area contributed by atoms with Gasteiger partial charge in [0.15, 0.2) is 11.6 Å². The summed E-state index contributed by atoms with van der Waals surface area (Å²) in [4.78, 5) is 4.12. The van der Waals surface area contributed by atoms with Crippen LogP contribution < -0.4 is 5.32 Å². The Kier molecular flexibility index (Phi) is 2.79. The SMILES string of the molecule is Fc1ccc(-c2noc(CNC3CC3)n2)cc1F. The Hall–Kier alpha value is -1.82. The van der Waals surface area contributed by atoms with Gasteiger partial charge in [-0.05, 0) is 31.0 Å². The van der Waals surface area contributed by atoms with Gasteiger partial charge in [-0.3, -0.25) is 0 Å². The van der Waals surface area contributed by atoms with E-state index in [1.54, 1.807) is 0 Å². The number of benzene rings is 1. The van der Waals surface area contributed by atoms with Crippen LogP contribution in [0.3, 0.4) is 0 Å². The fraction of sp³-hybridized carbons (Fsp3) is 0.333. The van der Waals surface area contributed by atoms with Gasteiger partial charge in [0.25, 0.3) is 0 Å². The Balaban J connectivity index is 1.76. The molecule has 1 saturated carbocycles. The van der Waals surface area contributed by atoms with Crippen molar-refractivity contribution in [3.05, 3.63) is 35.7 Å². The highest BCUT2D eigenvalue weighted by atomic mass is 19.2. The van der Waals surface area contributed by atoms with Crippen LogP contribution in [0.15, 0.2) is 22.7 Å². The topological polar surface area (TPSA) is 51.0 Å². The molecule has 0 atom stereocenters. The normalized spacial score (nSPS) is 15.0. The average Bonchev–Trinajstić information content (AvgIpc) is 3.08. The molecule has 1 heterocycles. The second-order valence-electron chi connectivity index (χ2n) is 4.30. The molecule has 1 N–H and O–H groups in total. The molecule has 0 unspecified atom stereocenters. The lowest BCUT2D eigenvalue weighted by atomic mass is 10.2. The predicted molar refractivity (Wildman–Crippen MR) is 59.5 cm³/mol. The molecule has 1 aromatic carbocycles. The van der Waals surface area contributed by atoms with E-state index >= 15 is 0 Å². The Morgan fingerprint density at radius 1 is 1.28 bits per heavy atom. The average molecular weight is 251 g/mol. The van der Waals surface area contributed by atoms with Crippen molar-refractivity contribution < 1.29 is 13.3 Å². The van der Waals surface area contributed by atoms with E-state index in [9.17, 15) is 8.78 Å². The highest BCUT2D eigenvalue weighted by molar-refractivity contribution is 5.54. The van der Waals surface area contributed by atoms with Crippen molar-refractivity contribution >= 4 is 0 Å². The monoisotopic (exact) mass is 251 g/mol. The minimum Gasteiger partial charge on any atom is -0.338 e. The lowest BCUT2D eigenvalue weighted by Crippen LogP contribution is -2.15. The standard InChI is InChI=1S/C12H11F2N3O/c13-9-4-1-7(5-10(9)14)12-16-11(18-17-12)6-15-8-2-3-8/h1,4-5,8,15H,2-3,6H2. The lowest BCUT2D eigenvalue weighted by molar-refractivity contribution is 0.367. The van der Waals surface area contributed by atoms with Crippen LogP contribution in [0.1, 0.15) is 18.7 Å². The van der Waals surface area contributed by atoms with Gasteiger partial charge in [-0.1, -0.05) is 5.16 Å². The number of aromatic nitrogens is 2. The van der Waals surface area contributed by atoms with Crippen LogP contribution in [0.2, 0.25) is 0 Å². The molecule has 18 heavy (non-hydrogen) atoms. The first-order valence-electron chi connectivity index (χ1n) is 5.74. The number of nitrogens with one attached hydrogen (secondary N) is 1. The third-order valence-electron chi connectivity index (χ3n) is 2.77. The van der Waals surface area contributed by atoms with Crippen molar-refractivity contribution in [1.29, 1.82) is 0 Å². The van der Waals surface area contributed by atoms with Crippen molar-refractivity contribution in [2.24, 2.45) is 0 Å². The summed E-state index contributed by atoms with van der Waals surface area (Å²) in [5, 5.41) is 6.97. The summed E-state index contributed by atoms with van der Waals surface area (Å²) >= 11 is 0. The van der Waals surface area contributed by atoms with Gasteiger partial charge in [0.1, 0.15) is 0 Å². The first-order valence-corrected chi connectivity index (χ1v) is 5.74. The molecule has 3 rings (SSSR count). The molecule has 0 amide bonds. The highest BCUT2D eigenvalue weighted by Crippen LogP contribution is 2.21. The largest absolute Gasteiger partial charge is 0.338 e. The van der Waals surface area contributed by atoms with Crippen LogP contribution in [0.25, 0.3) is 11.4 Å². The zero-order valence-corrected chi connectivity index (χ0v) is 9.49. The molecule has 1 fully saturated rings. The third kappa shape index (κ3) is 2.38. The lowest BCUT2D eigenvalue weighted by Gasteiger charge is -1.96. The Morgan fingerprint density at radius 2 is 2.11 bits per heavy atom. The smallest absolute Gasteiger partial charge is 0.240 e. The van der Waals surface area contributed by atoms with E-state index in [4.69, 9.17) is 4.52 Å². The van der Waals surface area contributed by atoms with Gasteiger partial charge in [0.05, 0.1) is 6.54 Å². The van der Waals surface area contributed by atoms with Crippen LogP contribution in [0, 0.1) is 11.6 Å². The molecule has 1 aliphatic rings. The number of hydrogen-bond acceptors (Lipinski definition) is 4. The molecule has 0 bridgehead atoms. The number of hydrogen-bond donors (Lipinski definition) is 1. The number of nitrogens with zero attached hydrogens (tertiary/aromatic N) is 2. The fourth-order valence-electron chi connectivity index (χ4n) is 1.60. The predicted octanol–water partition coefficient (Wildman–Crippen LogP) is 2.27. The zero-order chi connectivity index (χ0) is 12.5. The number of halogens is 2. The maximum absolute atomic E-state index is 13.1. The first-order chi connectivity index (χ1) is 8.72. The highest BCUT2D eigenvalue weighted by Gasteiger charge is 2.21. The Bertz CT molecular complexity index is 566. The second-order valence-corrected chi connectivity index (χ2v) is 4.30. The first kappa shape index (κ1) is 11.3. The van der Waals surface area contributed by atoms with Crippen LogP contribution >= 0.6 is 0 Å². The fourth-order valence-corrected chi connectivity index (χ4v) is 1.60. The second kappa shape index (κ2) is 4.45. The molecule has 0 radical (unpaired) electrons. The van der Waals surface area contributed by atoms with Crippen molar-refractivity contribution in [1.82, 2.24) is 15.5 Å². The van der Waals surface area contributed by atoms with Gasteiger partial charge in [-0.25, -0.2) is 8.78 Å². The summed E-state index contributed by atoms with van der Waals surface area (Å²) in [7, 11) is 0. The van der Waals surface area contributed by atoms with E-state index in [2.05, 4.69) is 15.5 Å². The maximum atomic E-state index is 13.1. The van der Waals surface area contributed by atoms with Gasteiger partial charge in [-0.15, -0.1) is 0 Å².